The van der Waals surface area contributed by atoms with Crippen LogP contribution in [0.4, 0.5) is 0 Å². The molecule has 0 N–H and O–H groups in total. The van der Waals surface area contributed by atoms with Crippen molar-refractivity contribution in [3.63, 3.8) is 0 Å². The van der Waals surface area contributed by atoms with Gasteiger partial charge in [-0.25, -0.2) is 0 Å². The van der Waals surface area contributed by atoms with Crippen LogP contribution in [0.15, 0.2) is 0 Å². The van der Waals surface area contributed by atoms with E-state index in [1.54, 1.807) is 23.9 Å². The van der Waals surface area contributed by atoms with Gasteiger partial charge in [0.1, 0.15) is 6.04 Å². The van der Waals surface area contributed by atoms with Crippen LogP contribution in [0.5, 0.6) is 0 Å². The Morgan fingerprint density at radius 1 is 0.962 bits per heavy atom. The van der Waals surface area contributed by atoms with Crippen LogP contribution in [0.3, 0.4) is 0 Å². The molecule has 1 atom stereocenters. The molecule has 0 saturated carbocycles. The molecule has 0 aromatic carbocycles. The second-order valence-electron chi connectivity index (χ2n) is 8.65. The molecule has 148 valence electrons. The molecule has 0 radical (unpaired) electrons. The lowest BCUT2D eigenvalue weighted by Crippen LogP contribution is -2.51. The molecule has 3 amide bonds. The predicted molar refractivity (Wildman–Crippen MR) is 101 cm³/mol. The highest BCUT2D eigenvalue weighted by Crippen LogP contribution is 2.26. The largest absolute Gasteiger partial charge is 0.348 e. The van der Waals surface area contributed by atoms with Gasteiger partial charge in [-0.1, -0.05) is 20.8 Å². The van der Waals surface area contributed by atoms with Gasteiger partial charge >= 0.3 is 0 Å². The minimum absolute atomic E-state index is 0.0568. The SMILES string of the molecule is CN(C)C(=O)CN1CCCN(C(=O)C2CCCN2C(=O)C(C)(C)C)CC1. The molecule has 0 aromatic rings. The van der Waals surface area contributed by atoms with Crippen LogP contribution in [0.2, 0.25) is 0 Å². The number of carbonyl (C=O) groups excluding carboxylic acids is 3. The van der Waals surface area contributed by atoms with Crippen molar-refractivity contribution < 1.29 is 14.4 Å². The zero-order valence-electron chi connectivity index (χ0n) is 17.0. The lowest BCUT2D eigenvalue weighted by Gasteiger charge is -2.33. The number of carbonyl (C=O) groups is 3. The first-order valence-corrected chi connectivity index (χ1v) is 9.63. The molecule has 0 aliphatic carbocycles. The summed E-state index contributed by atoms with van der Waals surface area (Å²) in [5.74, 6) is 0.213. The molecule has 2 aliphatic rings. The van der Waals surface area contributed by atoms with Crippen molar-refractivity contribution in [1.82, 2.24) is 19.6 Å². The third-order valence-electron chi connectivity index (χ3n) is 5.20. The maximum absolute atomic E-state index is 13.1. The van der Waals surface area contributed by atoms with Crippen LogP contribution in [0.1, 0.15) is 40.0 Å². The van der Waals surface area contributed by atoms with Gasteiger partial charge in [-0.05, 0) is 19.3 Å². The van der Waals surface area contributed by atoms with Crippen molar-refractivity contribution in [2.24, 2.45) is 5.41 Å². The molecular weight excluding hydrogens is 332 g/mol. The topological polar surface area (TPSA) is 64.2 Å². The summed E-state index contributed by atoms with van der Waals surface area (Å²) in [4.78, 5) is 45.0. The van der Waals surface area contributed by atoms with Crippen molar-refractivity contribution in [1.29, 1.82) is 0 Å². The van der Waals surface area contributed by atoms with Gasteiger partial charge in [0, 0.05) is 52.2 Å². The van der Waals surface area contributed by atoms with Crippen LogP contribution >= 0.6 is 0 Å². The monoisotopic (exact) mass is 366 g/mol. The quantitative estimate of drug-likeness (QED) is 0.736. The Labute approximate surface area is 157 Å². The second kappa shape index (κ2) is 8.37. The summed E-state index contributed by atoms with van der Waals surface area (Å²) in [5, 5.41) is 0. The second-order valence-corrected chi connectivity index (χ2v) is 8.65. The Balaban J connectivity index is 1.97. The normalized spacial score (nSPS) is 22.3. The number of nitrogens with zero attached hydrogens (tertiary/aromatic N) is 4. The molecule has 1 unspecified atom stereocenters. The van der Waals surface area contributed by atoms with E-state index < -0.39 is 5.41 Å². The molecule has 0 aromatic heterocycles. The Kier molecular flexibility index (Phi) is 6.66. The van der Waals surface area contributed by atoms with Crippen molar-refractivity contribution in [3.8, 4) is 0 Å². The molecule has 7 nitrogen and oxygen atoms in total. The molecule has 26 heavy (non-hydrogen) atoms. The summed E-state index contributed by atoms with van der Waals surface area (Å²) in [6.07, 6.45) is 2.49. The first-order valence-electron chi connectivity index (χ1n) is 9.63. The molecule has 0 spiro atoms. The molecule has 2 saturated heterocycles. The number of hydrogen-bond acceptors (Lipinski definition) is 4. The fraction of sp³-hybridized carbons (Fsp3) is 0.842. The number of rotatable bonds is 3. The maximum Gasteiger partial charge on any atom is 0.245 e. The van der Waals surface area contributed by atoms with Gasteiger partial charge in [-0.3, -0.25) is 19.3 Å². The highest BCUT2D eigenvalue weighted by Gasteiger charge is 2.40. The van der Waals surface area contributed by atoms with Gasteiger partial charge in [0.2, 0.25) is 17.7 Å². The van der Waals surface area contributed by atoms with Gasteiger partial charge < -0.3 is 14.7 Å². The molecule has 2 rings (SSSR count). The highest BCUT2D eigenvalue weighted by molar-refractivity contribution is 5.90. The molecular formula is C19H34N4O3. The third-order valence-corrected chi connectivity index (χ3v) is 5.20. The Morgan fingerprint density at radius 2 is 1.65 bits per heavy atom. The van der Waals surface area contributed by atoms with Gasteiger partial charge in [-0.2, -0.15) is 0 Å². The van der Waals surface area contributed by atoms with E-state index in [9.17, 15) is 14.4 Å². The average molecular weight is 367 g/mol. The van der Waals surface area contributed by atoms with E-state index >= 15 is 0 Å². The Morgan fingerprint density at radius 3 is 2.27 bits per heavy atom. The first-order chi connectivity index (χ1) is 12.1. The summed E-state index contributed by atoms with van der Waals surface area (Å²) in [6, 6.07) is -0.323. The van der Waals surface area contributed by atoms with Crippen LogP contribution in [-0.4, -0.2) is 96.7 Å². The predicted octanol–water partition coefficient (Wildman–Crippen LogP) is 0.646. The van der Waals surface area contributed by atoms with E-state index in [0.29, 0.717) is 32.7 Å². The summed E-state index contributed by atoms with van der Waals surface area (Å²) in [5.41, 5.74) is -0.467. The van der Waals surface area contributed by atoms with Crippen molar-refractivity contribution in [2.45, 2.75) is 46.1 Å². The summed E-state index contributed by atoms with van der Waals surface area (Å²) in [6.45, 7) is 9.61. The summed E-state index contributed by atoms with van der Waals surface area (Å²) in [7, 11) is 3.52. The average Bonchev–Trinajstić information content (AvgIpc) is 2.92. The summed E-state index contributed by atoms with van der Waals surface area (Å²) < 4.78 is 0. The highest BCUT2D eigenvalue weighted by atomic mass is 16.2. The van der Waals surface area contributed by atoms with Crippen LogP contribution < -0.4 is 0 Å². The number of likely N-dealkylation sites (N-methyl/N-ethyl adjacent to an activating group) is 1. The molecule has 2 aliphatic heterocycles. The van der Waals surface area contributed by atoms with E-state index in [4.69, 9.17) is 0 Å². The van der Waals surface area contributed by atoms with Crippen molar-refractivity contribution >= 4 is 17.7 Å². The number of likely N-dealkylation sites (tertiary alicyclic amines) is 1. The van der Waals surface area contributed by atoms with E-state index in [-0.39, 0.29) is 23.8 Å². The number of amides is 3. The minimum atomic E-state index is -0.467. The molecule has 0 bridgehead atoms. The summed E-state index contributed by atoms with van der Waals surface area (Å²) >= 11 is 0. The smallest absolute Gasteiger partial charge is 0.245 e. The standard InChI is InChI=1S/C19H34N4O3/c1-19(2,3)18(26)23-11-6-8-15(23)17(25)22-10-7-9-21(12-13-22)14-16(24)20(4)5/h15H,6-14H2,1-5H3. The number of hydrogen-bond donors (Lipinski definition) is 0. The Hall–Kier alpha value is -1.63. The van der Waals surface area contributed by atoms with E-state index in [2.05, 4.69) is 4.90 Å². The van der Waals surface area contributed by atoms with Gasteiger partial charge in [-0.15, -0.1) is 0 Å². The van der Waals surface area contributed by atoms with Gasteiger partial charge in [0.15, 0.2) is 0 Å². The van der Waals surface area contributed by atoms with E-state index in [1.807, 2.05) is 25.7 Å². The molecule has 7 heteroatoms. The van der Waals surface area contributed by atoms with Crippen LogP contribution in [0, 0.1) is 5.41 Å². The minimum Gasteiger partial charge on any atom is -0.348 e. The van der Waals surface area contributed by atoms with Crippen molar-refractivity contribution in [3.05, 3.63) is 0 Å². The van der Waals surface area contributed by atoms with E-state index in [0.717, 1.165) is 25.8 Å². The van der Waals surface area contributed by atoms with Gasteiger partial charge in [0.05, 0.1) is 6.54 Å². The maximum atomic E-state index is 13.1. The van der Waals surface area contributed by atoms with E-state index in [1.165, 1.54) is 0 Å². The fourth-order valence-electron chi connectivity index (χ4n) is 3.59. The van der Waals surface area contributed by atoms with Crippen LogP contribution in [0.25, 0.3) is 0 Å². The zero-order valence-corrected chi connectivity index (χ0v) is 17.0. The fourth-order valence-corrected chi connectivity index (χ4v) is 3.59. The van der Waals surface area contributed by atoms with Crippen LogP contribution in [-0.2, 0) is 14.4 Å². The first kappa shape index (κ1) is 20.7. The van der Waals surface area contributed by atoms with Gasteiger partial charge in [0.25, 0.3) is 0 Å². The lowest BCUT2D eigenvalue weighted by molar-refractivity contribution is -0.148. The third kappa shape index (κ3) is 4.96. The molecule has 2 heterocycles. The zero-order chi connectivity index (χ0) is 19.5. The lowest BCUT2D eigenvalue weighted by atomic mass is 9.94. The molecule has 2 fully saturated rings. The Bertz CT molecular complexity index is 541. The van der Waals surface area contributed by atoms with Crippen molar-refractivity contribution in [2.75, 3.05) is 53.4 Å².